The Balaban J connectivity index is 2.25. The highest BCUT2D eigenvalue weighted by atomic mass is 79.9. The van der Waals surface area contributed by atoms with Crippen molar-refractivity contribution in [3.63, 3.8) is 0 Å². The maximum absolute atomic E-state index is 13.7. The molecule has 0 fully saturated rings. The van der Waals surface area contributed by atoms with Gasteiger partial charge in [-0.15, -0.1) is 0 Å². The van der Waals surface area contributed by atoms with Crippen molar-refractivity contribution >= 4 is 21.6 Å². The van der Waals surface area contributed by atoms with Crippen molar-refractivity contribution in [3.05, 3.63) is 40.6 Å². The molecule has 4 nitrogen and oxygen atoms in total. The monoisotopic (exact) mass is 340 g/mol. The molecule has 0 saturated heterocycles. The van der Waals surface area contributed by atoms with Gasteiger partial charge in [0.15, 0.2) is 11.6 Å². The summed E-state index contributed by atoms with van der Waals surface area (Å²) < 4.78 is 25.2. The molecule has 0 unspecified atom stereocenters. The molecule has 0 aliphatic heterocycles. The summed E-state index contributed by atoms with van der Waals surface area (Å²) in [6.07, 6.45) is -0.0653. The van der Waals surface area contributed by atoms with Gasteiger partial charge in [0.1, 0.15) is 0 Å². The Hall–Kier alpha value is -1.82. The molecule has 0 amide bonds. The minimum Gasteiger partial charge on any atom is -0.473 e. The van der Waals surface area contributed by atoms with E-state index in [1.54, 1.807) is 18.2 Å². The summed E-state index contributed by atoms with van der Waals surface area (Å²) in [6.45, 7) is 3.73. The predicted molar refractivity (Wildman–Crippen MR) is 78.6 cm³/mol. The number of hydrogen-bond donors (Lipinski definition) is 1. The van der Waals surface area contributed by atoms with Gasteiger partial charge in [0.05, 0.1) is 11.8 Å². The van der Waals surface area contributed by atoms with E-state index >= 15 is 0 Å². The summed E-state index contributed by atoms with van der Waals surface area (Å²) in [5.41, 5.74) is 6.16. The number of nitrogen functional groups attached to an aromatic ring is 1. The fourth-order valence-corrected chi connectivity index (χ4v) is 1.81. The van der Waals surface area contributed by atoms with Gasteiger partial charge in [-0.3, -0.25) is 0 Å². The molecule has 106 valence electrons. The molecule has 0 bridgehead atoms. The van der Waals surface area contributed by atoms with Gasteiger partial charge < -0.3 is 15.2 Å². The third-order valence-electron chi connectivity index (χ3n) is 2.32. The molecule has 2 rings (SSSR count). The van der Waals surface area contributed by atoms with E-state index < -0.39 is 5.82 Å². The number of nitrogens with two attached hydrogens (primary N) is 1. The summed E-state index contributed by atoms with van der Waals surface area (Å²) in [6, 6.07) is 7.68. The summed E-state index contributed by atoms with van der Waals surface area (Å²) in [5, 5.41) is 0. The van der Waals surface area contributed by atoms with Crippen LogP contribution in [0.5, 0.6) is 17.5 Å². The third-order valence-corrected chi connectivity index (χ3v) is 2.81. The number of pyridine rings is 1. The second-order valence-electron chi connectivity index (χ2n) is 4.39. The average molecular weight is 341 g/mol. The number of halogens is 2. The van der Waals surface area contributed by atoms with E-state index in [0.717, 1.165) is 0 Å². The van der Waals surface area contributed by atoms with E-state index in [-0.39, 0.29) is 23.6 Å². The highest BCUT2D eigenvalue weighted by Gasteiger charge is 2.10. The standard InChI is InChI=1S/C14H14BrFN2O2/c1-8(2)19-14-11(17)4-6-13(18-14)20-12-5-3-9(15)7-10(12)16/h3-8H,17H2,1-2H3. The Labute approximate surface area is 124 Å². The van der Waals surface area contributed by atoms with Crippen LogP contribution in [0, 0.1) is 5.82 Å². The predicted octanol–water partition coefficient (Wildman–Crippen LogP) is 4.14. The van der Waals surface area contributed by atoms with Gasteiger partial charge in [-0.1, -0.05) is 15.9 Å². The lowest BCUT2D eigenvalue weighted by Gasteiger charge is -2.12. The smallest absolute Gasteiger partial charge is 0.240 e. The summed E-state index contributed by atoms with van der Waals surface area (Å²) in [5.74, 6) is 0.0939. The Morgan fingerprint density at radius 2 is 2.00 bits per heavy atom. The van der Waals surface area contributed by atoms with Crippen LogP contribution in [0.3, 0.4) is 0 Å². The van der Waals surface area contributed by atoms with Gasteiger partial charge in [-0.05, 0) is 38.1 Å². The lowest BCUT2D eigenvalue weighted by atomic mass is 10.3. The molecule has 0 atom stereocenters. The van der Waals surface area contributed by atoms with Crippen LogP contribution in [0.2, 0.25) is 0 Å². The minimum atomic E-state index is -0.482. The SMILES string of the molecule is CC(C)Oc1nc(Oc2ccc(Br)cc2F)ccc1N. The molecular weight excluding hydrogens is 327 g/mol. The van der Waals surface area contributed by atoms with Crippen molar-refractivity contribution in [2.45, 2.75) is 20.0 Å². The Morgan fingerprint density at radius 3 is 2.65 bits per heavy atom. The zero-order valence-corrected chi connectivity index (χ0v) is 12.6. The minimum absolute atomic E-state index is 0.0653. The maximum Gasteiger partial charge on any atom is 0.240 e. The normalized spacial score (nSPS) is 10.7. The van der Waals surface area contributed by atoms with Crippen LogP contribution in [0.25, 0.3) is 0 Å². The lowest BCUT2D eigenvalue weighted by Crippen LogP contribution is -2.09. The topological polar surface area (TPSA) is 57.4 Å². The van der Waals surface area contributed by atoms with Crippen molar-refractivity contribution in [2.24, 2.45) is 0 Å². The van der Waals surface area contributed by atoms with Gasteiger partial charge >= 0.3 is 0 Å². The van der Waals surface area contributed by atoms with Crippen LogP contribution in [-0.4, -0.2) is 11.1 Å². The molecule has 1 aromatic carbocycles. The number of aromatic nitrogens is 1. The van der Waals surface area contributed by atoms with Gasteiger partial charge in [0.2, 0.25) is 11.8 Å². The molecule has 2 aromatic rings. The second kappa shape index (κ2) is 6.09. The molecule has 0 saturated carbocycles. The van der Waals surface area contributed by atoms with Crippen molar-refractivity contribution in [1.82, 2.24) is 4.98 Å². The number of rotatable bonds is 4. The highest BCUT2D eigenvalue weighted by Crippen LogP contribution is 2.29. The first-order valence-electron chi connectivity index (χ1n) is 6.02. The summed E-state index contributed by atoms with van der Waals surface area (Å²) in [4.78, 5) is 4.12. The van der Waals surface area contributed by atoms with Gasteiger partial charge in [0, 0.05) is 10.5 Å². The molecule has 20 heavy (non-hydrogen) atoms. The van der Waals surface area contributed by atoms with Crippen molar-refractivity contribution in [3.8, 4) is 17.5 Å². The van der Waals surface area contributed by atoms with E-state index in [9.17, 15) is 4.39 Å². The van der Waals surface area contributed by atoms with Crippen LogP contribution in [0.4, 0.5) is 10.1 Å². The zero-order chi connectivity index (χ0) is 14.7. The lowest BCUT2D eigenvalue weighted by molar-refractivity contribution is 0.232. The molecule has 1 aromatic heterocycles. The molecule has 2 N–H and O–H groups in total. The van der Waals surface area contributed by atoms with E-state index in [1.807, 2.05) is 13.8 Å². The maximum atomic E-state index is 13.7. The summed E-state index contributed by atoms with van der Waals surface area (Å²) in [7, 11) is 0. The molecule has 0 aliphatic rings. The largest absolute Gasteiger partial charge is 0.473 e. The first-order chi connectivity index (χ1) is 9.45. The first kappa shape index (κ1) is 14.6. The van der Waals surface area contributed by atoms with E-state index in [0.29, 0.717) is 10.2 Å². The van der Waals surface area contributed by atoms with Gasteiger partial charge in [-0.25, -0.2) is 4.39 Å². The van der Waals surface area contributed by atoms with Crippen LogP contribution < -0.4 is 15.2 Å². The van der Waals surface area contributed by atoms with E-state index in [1.165, 1.54) is 12.1 Å². The van der Waals surface area contributed by atoms with Crippen molar-refractivity contribution < 1.29 is 13.9 Å². The number of nitrogens with zero attached hydrogens (tertiary/aromatic N) is 1. The molecule has 0 aliphatic carbocycles. The number of benzene rings is 1. The second-order valence-corrected chi connectivity index (χ2v) is 5.30. The van der Waals surface area contributed by atoms with Crippen LogP contribution in [0.1, 0.15) is 13.8 Å². The molecule has 0 radical (unpaired) electrons. The highest BCUT2D eigenvalue weighted by molar-refractivity contribution is 9.10. The summed E-state index contributed by atoms with van der Waals surface area (Å²) >= 11 is 3.18. The zero-order valence-electron chi connectivity index (χ0n) is 11.1. The first-order valence-corrected chi connectivity index (χ1v) is 6.81. The van der Waals surface area contributed by atoms with Gasteiger partial charge in [-0.2, -0.15) is 4.98 Å². The Bertz CT molecular complexity index is 620. The fraction of sp³-hybridized carbons (Fsp3) is 0.214. The Kier molecular flexibility index (Phi) is 4.44. The quantitative estimate of drug-likeness (QED) is 0.908. The molecule has 1 heterocycles. The van der Waals surface area contributed by atoms with Crippen LogP contribution in [0.15, 0.2) is 34.8 Å². The van der Waals surface area contributed by atoms with Crippen LogP contribution >= 0.6 is 15.9 Å². The molecular formula is C14H14BrFN2O2. The van der Waals surface area contributed by atoms with Crippen molar-refractivity contribution in [2.75, 3.05) is 5.73 Å². The van der Waals surface area contributed by atoms with Crippen molar-refractivity contribution in [1.29, 1.82) is 0 Å². The molecule has 6 heteroatoms. The third kappa shape index (κ3) is 3.60. The Morgan fingerprint density at radius 1 is 1.25 bits per heavy atom. The molecule has 0 spiro atoms. The van der Waals surface area contributed by atoms with Crippen LogP contribution in [-0.2, 0) is 0 Å². The number of ether oxygens (including phenoxy) is 2. The fourth-order valence-electron chi connectivity index (χ4n) is 1.48. The number of hydrogen-bond acceptors (Lipinski definition) is 4. The number of anilines is 1. The van der Waals surface area contributed by atoms with E-state index in [2.05, 4.69) is 20.9 Å². The average Bonchev–Trinajstić information content (AvgIpc) is 2.36. The van der Waals surface area contributed by atoms with Gasteiger partial charge in [0.25, 0.3) is 0 Å². The van der Waals surface area contributed by atoms with E-state index in [4.69, 9.17) is 15.2 Å².